The first-order chi connectivity index (χ1) is 10.0. The Morgan fingerprint density at radius 1 is 1.10 bits per heavy atom. The van der Waals surface area contributed by atoms with E-state index in [0.29, 0.717) is 12.5 Å². The smallest absolute Gasteiger partial charge is 0.243 e. The average Bonchev–Trinajstić information content (AvgIpc) is 2.48. The number of nitrogens with one attached hydrogen (secondary N) is 2. The van der Waals surface area contributed by atoms with Crippen LogP contribution in [0.5, 0.6) is 0 Å². The maximum Gasteiger partial charge on any atom is 0.243 e. The van der Waals surface area contributed by atoms with Crippen LogP contribution in [0.25, 0.3) is 0 Å². The highest BCUT2D eigenvalue weighted by Crippen LogP contribution is 2.08. The van der Waals surface area contributed by atoms with Gasteiger partial charge in [0.2, 0.25) is 16.0 Å². The van der Waals surface area contributed by atoms with Gasteiger partial charge in [0.1, 0.15) is 4.90 Å². The van der Waals surface area contributed by atoms with Crippen LogP contribution in [-0.4, -0.2) is 29.9 Å². The van der Waals surface area contributed by atoms with Crippen molar-refractivity contribution in [1.82, 2.24) is 19.7 Å². The molecule has 0 saturated carbocycles. The molecule has 8 heteroatoms. The van der Waals surface area contributed by atoms with Gasteiger partial charge < -0.3 is 5.32 Å². The summed E-state index contributed by atoms with van der Waals surface area (Å²) in [5, 5.41) is 2.90. The van der Waals surface area contributed by atoms with Crippen LogP contribution in [0.4, 0.5) is 5.95 Å². The fourth-order valence-electron chi connectivity index (χ4n) is 1.57. The van der Waals surface area contributed by atoms with Gasteiger partial charge in [-0.2, -0.15) is 0 Å². The Labute approximate surface area is 123 Å². The van der Waals surface area contributed by atoms with E-state index >= 15 is 0 Å². The zero-order valence-corrected chi connectivity index (χ0v) is 12.7. The summed E-state index contributed by atoms with van der Waals surface area (Å²) in [5.41, 5.74) is 1.67. The van der Waals surface area contributed by atoms with E-state index in [0.717, 1.165) is 11.3 Å². The van der Waals surface area contributed by atoms with Gasteiger partial charge in [0, 0.05) is 25.0 Å². The van der Waals surface area contributed by atoms with Crippen LogP contribution in [0.3, 0.4) is 0 Å². The largest absolute Gasteiger partial charge is 0.355 e. The molecular weight excluding hydrogens is 290 g/mol. The molecular formula is C13H17N5O2S. The topological polar surface area (TPSA) is 96.9 Å². The maximum absolute atomic E-state index is 12.1. The highest BCUT2D eigenvalue weighted by Gasteiger charge is 2.14. The monoisotopic (exact) mass is 307 g/mol. The first-order valence-electron chi connectivity index (χ1n) is 6.48. The van der Waals surface area contributed by atoms with Crippen LogP contribution in [0.15, 0.2) is 35.6 Å². The Balaban J connectivity index is 2.05. The van der Waals surface area contributed by atoms with Gasteiger partial charge in [-0.1, -0.05) is 6.07 Å². The Kier molecular flexibility index (Phi) is 4.81. The molecule has 0 atom stereocenters. The van der Waals surface area contributed by atoms with Crippen LogP contribution in [0.1, 0.15) is 18.2 Å². The average molecular weight is 307 g/mol. The number of aryl methyl sites for hydroxylation is 1. The van der Waals surface area contributed by atoms with E-state index in [1.807, 2.05) is 26.0 Å². The van der Waals surface area contributed by atoms with Gasteiger partial charge in [0.15, 0.2) is 0 Å². The Morgan fingerprint density at radius 3 is 2.38 bits per heavy atom. The minimum Gasteiger partial charge on any atom is -0.355 e. The predicted octanol–water partition coefficient (Wildman–Crippen LogP) is 1.09. The van der Waals surface area contributed by atoms with E-state index in [2.05, 4.69) is 25.0 Å². The van der Waals surface area contributed by atoms with Gasteiger partial charge in [-0.15, -0.1) is 0 Å². The molecule has 2 aromatic heterocycles. The van der Waals surface area contributed by atoms with Crippen molar-refractivity contribution in [3.8, 4) is 0 Å². The lowest BCUT2D eigenvalue weighted by molar-refractivity contribution is 0.580. The van der Waals surface area contributed by atoms with Crippen molar-refractivity contribution in [1.29, 1.82) is 0 Å². The maximum atomic E-state index is 12.1. The molecule has 0 spiro atoms. The summed E-state index contributed by atoms with van der Waals surface area (Å²) in [6, 6.07) is 3.66. The van der Waals surface area contributed by atoms with E-state index in [-0.39, 0.29) is 11.4 Å². The fourth-order valence-corrected chi connectivity index (χ4v) is 2.48. The summed E-state index contributed by atoms with van der Waals surface area (Å²) in [6.45, 7) is 4.62. The summed E-state index contributed by atoms with van der Waals surface area (Å²) in [4.78, 5) is 12.0. The highest BCUT2D eigenvalue weighted by molar-refractivity contribution is 7.89. The number of anilines is 1. The number of rotatable bonds is 6. The molecule has 7 nitrogen and oxygen atoms in total. The van der Waals surface area contributed by atoms with Gasteiger partial charge in [-0.25, -0.2) is 23.1 Å². The summed E-state index contributed by atoms with van der Waals surface area (Å²) in [7, 11) is -3.63. The molecule has 2 N–H and O–H groups in total. The summed E-state index contributed by atoms with van der Waals surface area (Å²) < 4.78 is 26.7. The normalized spacial score (nSPS) is 11.3. The van der Waals surface area contributed by atoms with Gasteiger partial charge >= 0.3 is 0 Å². The third-order valence-corrected chi connectivity index (χ3v) is 4.07. The van der Waals surface area contributed by atoms with Crippen molar-refractivity contribution in [3.63, 3.8) is 0 Å². The van der Waals surface area contributed by atoms with E-state index in [9.17, 15) is 8.42 Å². The number of pyridine rings is 1. The van der Waals surface area contributed by atoms with Crippen LogP contribution >= 0.6 is 0 Å². The molecule has 21 heavy (non-hydrogen) atoms. The molecule has 0 unspecified atom stereocenters. The molecule has 0 aliphatic rings. The second-order valence-corrected chi connectivity index (χ2v) is 6.17. The molecule has 2 heterocycles. The Morgan fingerprint density at radius 2 is 1.81 bits per heavy atom. The second-order valence-electron chi connectivity index (χ2n) is 4.41. The fraction of sp³-hybridized carbons (Fsp3) is 0.308. The van der Waals surface area contributed by atoms with Gasteiger partial charge in [-0.05, 0) is 25.5 Å². The quantitative estimate of drug-likeness (QED) is 0.829. The van der Waals surface area contributed by atoms with E-state index in [4.69, 9.17) is 0 Å². The van der Waals surface area contributed by atoms with Crippen LogP contribution < -0.4 is 10.0 Å². The summed E-state index contributed by atoms with van der Waals surface area (Å²) in [6.07, 6.45) is 4.20. The third-order valence-electron chi connectivity index (χ3n) is 2.71. The third kappa shape index (κ3) is 4.20. The number of hydrogen-bond acceptors (Lipinski definition) is 6. The highest BCUT2D eigenvalue weighted by atomic mass is 32.2. The van der Waals surface area contributed by atoms with Crippen molar-refractivity contribution in [2.24, 2.45) is 0 Å². The molecule has 2 rings (SSSR count). The standard InChI is InChI=1S/C13H17N5O2S/c1-3-14-13-16-8-12(9-17-13)21(19,20)18-7-11-5-4-10(2)15-6-11/h4-6,8-9,18H,3,7H2,1-2H3,(H,14,16,17). The molecule has 0 aromatic carbocycles. The van der Waals surface area contributed by atoms with Crippen molar-refractivity contribution in [2.45, 2.75) is 25.3 Å². The number of aromatic nitrogens is 3. The van der Waals surface area contributed by atoms with Gasteiger partial charge in [-0.3, -0.25) is 4.98 Å². The zero-order chi connectivity index (χ0) is 15.3. The summed E-state index contributed by atoms with van der Waals surface area (Å²) >= 11 is 0. The molecule has 0 fully saturated rings. The Hall–Kier alpha value is -2.06. The molecule has 112 valence electrons. The van der Waals surface area contributed by atoms with Gasteiger partial charge in [0.05, 0.1) is 12.4 Å². The zero-order valence-electron chi connectivity index (χ0n) is 11.9. The predicted molar refractivity (Wildman–Crippen MR) is 79.2 cm³/mol. The number of nitrogens with zero attached hydrogens (tertiary/aromatic N) is 3. The van der Waals surface area contributed by atoms with Crippen molar-refractivity contribution >= 4 is 16.0 Å². The van der Waals surface area contributed by atoms with E-state index in [1.165, 1.54) is 12.4 Å². The number of sulfonamides is 1. The second kappa shape index (κ2) is 6.59. The van der Waals surface area contributed by atoms with Crippen LogP contribution in [0, 0.1) is 6.92 Å². The van der Waals surface area contributed by atoms with Crippen LogP contribution in [0.2, 0.25) is 0 Å². The summed E-state index contributed by atoms with van der Waals surface area (Å²) in [5.74, 6) is 0.402. The molecule has 0 amide bonds. The SMILES string of the molecule is CCNc1ncc(S(=O)(=O)NCc2ccc(C)nc2)cn1. The van der Waals surface area contributed by atoms with E-state index in [1.54, 1.807) is 6.20 Å². The van der Waals surface area contributed by atoms with E-state index < -0.39 is 10.0 Å². The van der Waals surface area contributed by atoms with Crippen LogP contribution in [-0.2, 0) is 16.6 Å². The minimum absolute atomic E-state index is 0.0317. The molecule has 0 aliphatic heterocycles. The number of hydrogen-bond donors (Lipinski definition) is 2. The molecule has 2 aromatic rings. The Bertz CT molecular complexity index is 684. The minimum atomic E-state index is -3.63. The molecule has 0 aliphatic carbocycles. The van der Waals surface area contributed by atoms with Crippen molar-refractivity contribution in [2.75, 3.05) is 11.9 Å². The van der Waals surface area contributed by atoms with Crippen molar-refractivity contribution in [3.05, 3.63) is 42.0 Å². The molecule has 0 saturated heterocycles. The molecule has 0 bridgehead atoms. The first-order valence-corrected chi connectivity index (χ1v) is 7.96. The lowest BCUT2D eigenvalue weighted by Gasteiger charge is -2.07. The van der Waals surface area contributed by atoms with Gasteiger partial charge in [0.25, 0.3) is 0 Å². The van der Waals surface area contributed by atoms with Crippen molar-refractivity contribution < 1.29 is 8.42 Å². The first kappa shape index (κ1) is 15.3. The lowest BCUT2D eigenvalue weighted by Crippen LogP contribution is -2.23. The molecule has 0 radical (unpaired) electrons. The lowest BCUT2D eigenvalue weighted by atomic mass is 10.2.